The molecule has 1 unspecified atom stereocenters. The first-order chi connectivity index (χ1) is 10.1. The SMILES string of the molecule is CCc1nccn1Cc1ccc(C(C)CNC(C)C)cc1. The first-order valence-corrected chi connectivity index (χ1v) is 7.92. The van der Waals surface area contributed by atoms with Gasteiger partial charge in [-0.25, -0.2) is 4.98 Å². The number of nitrogens with one attached hydrogen (secondary N) is 1. The van der Waals surface area contributed by atoms with E-state index in [9.17, 15) is 0 Å². The van der Waals surface area contributed by atoms with Crippen LogP contribution in [-0.4, -0.2) is 22.1 Å². The van der Waals surface area contributed by atoms with Crippen molar-refractivity contribution in [3.8, 4) is 0 Å². The third-order valence-electron chi connectivity index (χ3n) is 3.85. The summed E-state index contributed by atoms with van der Waals surface area (Å²) in [5.74, 6) is 1.69. The Morgan fingerprint density at radius 3 is 2.48 bits per heavy atom. The molecule has 0 saturated carbocycles. The maximum absolute atomic E-state index is 4.37. The highest BCUT2D eigenvalue weighted by Gasteiger charge is 2.07. The normalized spacial score (nSPS) is 12.8. The van der Waals surface area contributed by atoms with E-state index in [4.69, 9.17) is 0 Å². The Morgan fingerprint density at radius 1 is 1.14 bits per heavy atom. The van der Waals surface area contributed by atoms with Crippen molar-refractivity contribution in [2.45, 2.75) is 52.6 Å². The van der Waals surface area contributed by atoms with Crippen LogP contribution >= 0.6 is 0 Å². The number of nitrogens with zero attached hydrogens (tertiary/aromatic N) is 2. The average molecular weight is 285 g/mol. The molecule has 0 radical (unpaired) electrons. The molecule has 0 aliphatic heterocycles. The van der Waals surface area contributed by atoms with E-state index in [1.165, 1.54) is 11.1 Å². The maximum atomic E-state index is 4.37. The van der Waals surface area contributed by atoms with E-state index in [0.717, 1.165) is 25.3 Å². The van der Waals surface area contributed by atoms with Gasteiger partial charge in [-0.3, -0.25) is 0 Å². The van der Waals surface area contributed by atoms with Crippen molar-refractivity contribution in [1.82, 2.24) is 14.9 Å². The third kappa shape index (κ3) is 4.43. The number of aromatic nitrogens is 2. The molecular weight excluding hydrogens is 258 g/mol. The van der Waals surface area contributed by atoms with Gasteiger partial charge in [-0.2, -0.15) is 0 Å². The smallest absolute Gasteiger partial charge is 0.108 e. The van der Waals surface area contributed by atoms with Crippen LogP contribution in [0.15, 0.2) is 36.7 Å². The van der Waals surface area contributed by atoms with Crippen LogP contribution in [0.3, 0.4) is 0 Å². The van der Waals surface area contributed by atoms with Gasteiger partial charge in [0, 0.05) is 37.9 Å². The van der Waals surface area contributed by atoms with E-state index < -0.39 is 0 Å². The zero-order chi connectivity index (χ0) is 15.2. The Bertz CT molecular complexity index is 540. The molecular formula is C18H27N3. The summed E-state index contributed by atoms with van der Waals surface area (Å²) in [5.41, 5.74) is 2.73. The molecule has 0 saturated heterocycles. The van der Waals surface area contributed by atoms with Gasteiger partial charge in [-0.15, -0.1) is 0 Å². The standard InChI is InChI=1S/C18H27N3/c1-5-18-19-10-11-21(18)13-16-6-8-17(9-7-16)15(4)12-20-14(2)3/h6-11,14-15,20H,5,12-13H2,1-4H3. The first-order valence-electron chi connectivity index (χ1n) is 7.92. The number of aryl methyl sites for hydroxylation is 1. The lowest BCUT2D eigenvalue weighted by Crippen LogP contribution is -2.26. The summed E-state index contributed by atoms with van der Waals surface area (Å²) in [6, 6.07) is 9.52. The molecule has 0 amide bonds. The highest BCUT2D eigenvalue weighted by molar-refractivity contribution is 5.25. The molecule has 0 bridgehead atoms. The summed E-state index contributed by atoms with van der Waals surface area (Å²) in [6.07, 6.45) is 4.91. The molecule has 1 aromatic heterocycles. The molecule has 2 rings (SSSR count). The van der Waals surface area contributed by atoms with Crippen LogP contribution in [-0.2, 0) is 13.0 Å². The van der Waals surface area contributed by atoms with E-state index in [2.05, 4.69) is 73.0 Å². The molecule has 0 aliphatic carbocycles. The topological polar surface area (TPSA) is 29.9 Å². The Labute approximate surface area is 128 Å². The van der Waals surface area contributed by atoms with Crippen molar-refractivity contribution in [1.29, 1.82) is 0 Å². The summed E-state index contributed by atoms with van der Waals surface area (Å²) in [7, 11) is 0. The van der Waals surface area contributed by atoms with Crippen LogP contribution in [0.5, 0.6) is 0 Å². The second-order valence-corrected chi connectivity index (χ2v) is 6.03. The Hall–Kier alpha value is -1.61. The Balaban J connectivity index is 1.98. The average Bonchev–Trinajstić information content (AvgIpc) is 2.92. The minimum atomic E-state index is 0.542. The van der Waals surface area contributed by atoms with Crippen LogP contribution < -0.4 is 5.32 Å². The number of hydrogen-bond acceptors (Lipinski definition) is 2. The monoisotopic (exact) mass is 285 g/mol. The first kappa shape index (κ1) is 15.8. The van der Waals surface area contributed by atoms with Gasteiger partial charge in [-0.1, -0.05) is 52.0 Å². The van der Waals surface area contributed by atoms with E-state index in [0.29, 0.717) is 12.0 Å². The molecule has 2 aromatic rings. The van der Waals surface area contributed by atoms with Gasteiger partial charge in [0.1, 0.15) is 5.82 Å². The van der Waals surface area contributed by atoms with Crippen molar-refractivity contribution in [3.05, 3.63) is 53.6 Å². The van der Waals surface area contributed by atoms with E-state index in [1.54, 1.807) is 0 Å². The van der Waals surface area contributed by atoms with Crippen molar-refractivity contribution in [2.24, 2.45) is 0 Å². The second-order valence-electron chi connectivity index (χ2n) is 6.03. The fourth-order valence-electron chi connectivity index (χ4n) is 2.48. The van der Waals surface area contributed by atoms with Gasteiger partial charge < -0.3 is 9.88 Å². The minimum Gasteiger partial charge on any atom is -0.331 e. The number of benzene rings is 1. The van der Waals surface area contributed by atoms with Crippen molar-refractivity contribution in [2.75, 3.05) is 6.54 Å². The molecule has 21 heavy (non-hydrogen) atoms. The van der Waals surface area contributed by atoms with Crippen molar-refractivity contribution < 1.29 is 0 Å². The Kier molecular flexibility index (Phi) is 5.57. The largest absolute Gasteiger partial charge is 0.331 e. The van der Waals surface area contributed by atoms with Crippen molar-refractivity contribution >= 4 is 0 Å². The van der Waals surface area contributed by atoms with E-state index in [-0.39, 0.29) is 0 Å². The van der Waals surface area contributed by atoms with Crippen LogP contribution in [0, 0.1) is 0 Å². The fraction of sp³-hybridized carbons (Fsp3) is 0.500. The third-order valence-corrected chi connectivity index (χ3v) is 3.85. The lowest BCUT2D eigenvalue weighted by atomic mass is 9.99. The van der Waals surface area contributed by atoms with Crippen LogP contribution in [0.4, 0.5) is 0 Å². The van der Waals surface area contributed by atoms with Gasteiger partial charge in [0.05, 0.1) is 0 Å². The predicted octanol–water partition coefficient (Wildman–Crippen LogP) is 3.60. The van der Waals surface area contributed by atoms with Crippen molar-refractivity contribution in [3.63, 3.8) is 0 Å². The zero-order valence-electron chi connectivity index (χ0n) is 13.6. The van der Waals surface area contributed by atoms with Gasteiger partial charge in [0.25, 0.3) is 0 Å². The summed E-state index contributed by atoms with van der Waals surface area (Å²) in [4.78, 5) is 4.37. The molecule has 1 N–H and O–H groups in total. The summed E-state index contributed by atoms with van der Waals surface area (Å²) >= 11 is 0. The molecule has 114 valence electrons. The lowest BCUT2D eigenvalue weighted by molar-refractivity contribution is 0.548. The van der Waals surface area contributed by atoms with E-state index in [1.807, 2.05) is 6.20 Å². The van der Waals surface area contributed by atoms with Gasteiger partial charge >= 0.3 is 0 Å². The fourth-order valence-corrected chi connectivity index (χ4v) is 2.48. The molecule has 3 nitrogen and oxygen atoms in total. The summed E-state index contributed by atoms with van der Waals surface area (Å²) in [5, 5.41) is 3.50. The zero-order valence-corrected chi connectivity index (χ0v) is 13.6. The summed E-state index contributed by atoms with van der Waals surface area (Å²) < 4.78 is 2.22. The number of hydrogen-bond donors (Lipinski definition) is 1. The minimum absolute atomic E-state index is 0.542. The molecule has 0 aliphatic rings. The van der Waals surface area contributed by atoms with Crippen LogP contribution in [0.2, 0.25) is 0 Å². The van der Waals surface area contributed by atoms with E-state index >= 15 is 0 Å². The molecule has 1 aromatic carbocycles. The van der Waals surface area contributed by atoms with Gasteiger partial charge in [0.15, 0.2) is 0 Å². The van der Waals surface area contributed by atoms with Gasteiger partial charge in [-0.05, 0) is 17.0 Å². The second kappa shape index (κ2) is 7.41. The maximum Gasteiger partial charge on any atom is 0.108 e. The molecule has 0 fully saturated rings. The van der Waals surface area contributed by atoms with Gasteiger partial charge in [0.2, 0.25) is 0 Å². The number of imidazole rings is 1. The predicted molar refractivity (Wildman–Crippen MR) is 88.7 cm³/mol. The lowest BCUT2D eigenvalue weighted by Gasteiger charge is -2.16. The van der Waals surface area contributed by atoms with Crippen LogP contribution in [0.1, 0.15) is 50.6 Å². The quantitative estimate of drug-likeness (QED) is 0.842. The molecule has 1 atom stereocenters. The Morgan fingerprint density at radius 2 is 1.86 bits per heavy atom. The summed E-state index contributed by atoms with van der Waals surface area (Å²) in [6.45, 7) is 10.7. The van der Waals surface area contributed by atoms with Crippen LogP contribution in [0.25, 0.3) is 0 Å². The molecule has 1 heterocycles. The number of rotatable bonds is 7. The molecule has 3 heteroatoms. The highest BCUT2D eigenvalue weighted by Crippen LogP contribution is 2.16. The highest BCUT2D eigenvalue weighted by atomic mass is 15.1. The molecule has 0 spiro atoms.